The summed E-state index contributed by atoms with van der Waals surface area (Å²) in [7, 11) is 0. The maximum Gasteiger partial charge on any atom is 0.160 e. The summed E-state index contributed by atoms with van der Waals surface area (Å²) in [6, 6.07) is 3.76. The average molecular weight is 293 g/mol. The summed E-state index contributed by atoms with van der Waals surface area (Å²) < 4.78 is 28.0. The van der Waals surface area contributed by atoms with Gasteiger partial charge in [-0.15, -0.1) is 0 Å². The molecule has 2 aromatic rings. The van der Waals surface area contributed by atoms with Crippen LogP contribution in [-0.4, -0.2) is 27.9 Å². The fourth-order valence-corrected chi connectivity index (χ4v) is 2.49. The van der Waals surface area contributed by atoms with Gasteiger partial charge in [0, 0.05) is 25.6 Å². The first-order chi connectivity index (χ1) is 10.1. The number of halogens is 2. The van der Waals surface area contributed by atoms with Crippen molar-refractivity contribution in [1.82, 2.24) is 25.6 Å². The van der Waals surface area contributed by atoms with Crippen LogP contribution in [0.2, 0.25) is 0 Å². The smallest absolute Gasteiger partial charge is 0.160 e. The van der Waals surface area contributed by atoms with E-state index in [0.29, 0.717) is 17.4 Å². The predicted octanol–water partition coefficient (Wildman–Crippen LogP) is 1.51. The molecule has 1 aliphatic heterocycles. The second-order valence-electron chi connectivity index (χ2n) is 5.25. The number of aryl methyl sites for hydroxylation is 2. The Hall–Kier alpha value is -1.86. The van der Waals surface area contributed by atoms with Crippen molar-refractivity contribution >= 4 is 0 Å². The summed E-state index contributed by atoms with van der Waals surface area (Å²) in [5.74, 6) is 0.194. The van der Waals surface area contributed by atoms with E-state index >= 15 is 0 Å². The maximum atomic E-state index is 13.4. The molecule has 2 N–H and O–H groups in total. The molecule has 0 atom stereocenters. The zero-order valence-corrected chi connectivity index (χ0v) is 11.7. The molecule has 1 aromatic heterocycles. The molecule has 1 fully saturated rings. The highest BCUT2D eigenvalue weighted by Crippen LogP contribution is 2.16. The van der Waals surface area contributed by atoms with E-state index in [1.54, 1.807) is 11.6 Å². The van der Waals surface area contributed by atoms with Crippen LogP contribution in [0.15, 0.2) is 18.2 Å². The first-order valence-corrected chi connectivity index (χ1v) is 6.97. The number of nitrogens with one attached hydrogen (secondary N) is 2. The first kappa shape index (κ1) is 14.1. The van der Waals surface area contributed by atoms with Crippen molar-refractivity contribution in [2.24, 2.45) is 5.92 Å². The summed E-state index contributed by atoms with van der Waals surface area (Å²) in [6.45, 7) is 3.65. The van der Waals surface area contributed by atoms with Gasteiger partial charge < -0.3 is 0 Å². The summed E-state index contributed by atoms with van der Waals surface area (Å²) in [5.41, 5.74) is 6.67. The Balaban J connectivity index is 1.82. The molecule has 1 aromatic carbocycles. The Morgan fingerprint density at radius 1 is 1.24 bits per heavy atom. The molecule has 1 saturated heterocycles. The summed E-state index contributed by atoms with van der Waals surface area (Å²) in [4.78, 5) is 4.39. The number of benzene rings is 1. The van der Waals surface area contributed by atoms with Crippen molar-refractivity contribution in [3.63, 3.8) is 0 Å². The van der Waals surface area contributed by atoms with Crippen molar-refractivity contribution in [2.75, 3.05) is 13.1 Å². The number of hydrazine groups is 1. The summed E-state index contributed by atoms with van der Waals surface area (Å²) >= 11 is 0. The molecule has 0 spiro atoms. The number of hydrogen-bond donors (Lipinski definition) is 2. The van der Waals surface area contributed by atoms with Gasteiger partial charge in [0.2, 0.25) is 0 Å². The summed E-state index contributed by atoms with van der Waals surface area (Å²) in [5, 5.41) is 4.28. The third-order valence-electron chi connectivity index (χ3n) is 3.61. The lowest BCUT2D eigenvalue weighted by atomic mass is 10.0. The van der Waals surface area contributed by atoms with Gasteiger partial charge in [0.25, 0.3) is 0 Å². The lowest BCUT2D eigenvalue weighted by Gasteiger charge is -2.09. The second kappa shape index (κ2) is 5.87. The fraction of sp³-hybridized carbons (Fsp3) is 0.429. The van der Waals surface area contributed by atoms with Crippen molar-refractivity contribution in [2.45, 2.75) is 19.8 Å². The zero-order valence-electron chi connectivity index (χ0n) is 11.7. The van der Waals surface area contributed by atoms with E-state index in [2.05, 4.69) is 20.9 Å². The lowest BCUT2D eigenvalue weighted by molar-refractivity contribution is 0.506. The van der Waals surface area contributed by atoms with Crippen LogP contribution in [0, 0.1) is 24.5 Å². The highest BCUT2D eigenvalue weighted by molar-refractivity contribution is 5.32. The minimum Gasteiger partial charge on any atom is -0.258 e. The van der Waals surface area contributed by atoms with Gasteiger partial charge in [0.1, 0.15) is 11.6 Å². The van der Waals surface area contributed by atoms with Gasteiger partial charge in [-0.1, -0.05) is 0 Å². The van der Waals surface area contributed by atoms with Crippen LogP contribution in [-0.2, 0) is 6.42 Å². The van der Waals surface area contributed by atoms with E-state index in [0.717, 1.165) is 43.9 Å². The van der Waals surface area contributed by atoms with Gasteiger partial charge in [-0.3, -0.25) is 10.9 Å². The molecular formula is C14H17F2N5. The molecule has 21 heavy (non-hydrogen) atoms. The van der Waals surface area contributed by atoms with Crippen LogP contribution in [0.1, 0.15) is 18.1 Å². The molecule has 5 nitrogen and oxygen atoms in total. The molecule has 2 heterocycles. The number of nitrogens with zero attached hydrogens (tertiary/aromatic N) is 3. The van der Waals surface area contributed by atoms with Gasteiger partial charge in [-0.05, 0) is 31.4 Å². The molecule has 3 rings (SSSR count). The zero-order chi connectivity index (χ0) is 14.8. The minimum atomic E-state index is -0.879. The normalized spacial score (nSPS) is 15.8. The molecule has 0 unspecified atom stereocenters. The molecule has 0 radical (unpaired) electrons. The van der Waals surface area contributed by atoms with Crippen molar-refractivity contribution < 1.29 is 8.78 Å². The van der Waals surface area contributed by atoms with E-state index in [4.69, 9.17) is 0 Å². The highest BCUT2D eigenvalue weighted by Gasteiger charge is 2.17. The van der Waals surface area contributed by atoms with E-state index in [1.807, 2.05) is 0 Å². The van der Waals surface area contributed by atoms with E-state index < -0.39 is 11.6 Å². The highest BCUT2D eigenvalue weighted by atomic mass is 19.2. The topological polar surface area (TPSA) is 54.8 Å². The second-order valence-corrected chi connectivity index (χ2v) is 5.25. The largest absolute Gasteiger partial charge is 0.258 e. The van der Waals surface area contributed by atoms with Crippen LogP contribution in [0.5, 0.6) is 0 Å². The van der Waals surface area contributed by atoms with Crippen LogP contribution in [0.25, 0.3) is 5.69 Å². The van der Waals surface area contributed by atoms with E-state index in [9.17, 15) is 8.78 Å². The van der Waals surface area contributed by atoms with Crippen molar-refractivity contribution in [3.05, 3.63) is 41.5 Å². The monoisotopic (exact) mass is 293 g/mol. The Labute approximate surface area is 121 Å². The van der Waals surface area contributed by atoms with Crippen molar-refractivity contribution in [1.29, 1.82) is 0 Å². The first-order valence-electron chi connectivity index (χ1n) is 6.97. The van der Waals surface area contributed by atoms with Gasteiger partial charge >= 0.3 is 0 Å². The van der Waals surface area contributed by atoms with Crippen LogP contribution < -0.4 is 10.9 Å². The molecule has 0 aliphatic carbocycles. The van der Waals surface area contributed by atoms with Gasteiger partial charge in [-0.25, -0.2) is 18.4 Å². The van der Waals surface area contributed by atoms with E-state index in [1.165, 1.54) is 6.07 Å². The lowest BCUT2D eigenvalue weighted by Crippen LogP contribution is -2.21. The van der Waals surface area contributed by atoms with Crippen molar-refractivity contribution in [3.8, 4) is 5.69 Å². The fourth-order valence-electron chi connectivity index (χ4n) is 2.49. The minimum absolute atomic E-state index is 0.493. The standard InChI is InChI=1S/C14H17F2N5/c1-9-19-14(5-2-10-7-17-18-8-10)21(20-9)11-3-4-12(15)13(16)6-11/h3-4,6,10,17-18H,2,5,7-8H2,1H3. The van der Waals surface area contributed by atoms with Crippen LogP contribution in [0.4, 0.5) is 8.78 Å². The average Bonchev–Trinajstić information content (AvgIpc) is 3.09. The van der Waals surface area contributed by atoms with Gasteiger partial charge in [-0.2, -0.15) is 5.10 Å². The molecule has 112 valence electrons. The predicted molar refractivity (Wildman–Crippen MR) is 73.8 cm³/mol. The Morgan fingerprint density at radius 2 is 2.00 bits per heavy atom. The SMILES string of the molecule is Cc1nc(CCC2CNNC2)n(-c2ccc(F)c(F)c2)n1. The summed E-state index contributed by atoms with van der Waals surface area (Å²) in [6.07, 6.45) is 1.70. The molecule has 0 bridgehead atoms. The maximum absolute atomic E-state index is 13.4. The molecule has 7 heteroatoms. The van der Waals surface area contributed by atoms with Gasteiger partial charge in [0.15, 0.2) is 11.6 Å². The Morgan fingerprint density at radius 3 is 2.71 bits per heavy atom. The van der Waals surface area contributed by atoms with Crippen LogP contribution in [0.3, 0.4) is 0 Å². The number of aromatic nitrogens is 3. The van der Waals surface area contributed by atoms with E-state index in [-0.39, 0.29) is 0 Å². The molecular weight excluding hydrogens is 276 g/mol. The molecule has 0 saturated carbocycles. The third kappa shape index (κ3) is 3.08. The van der Waals surface area contributed by atoms with Crippen LogP contribution >= 0.6 is 0 Å². The Kier molecular flexibility index (Phi) is 3.94. The van der Waals surface area contributed by atoms with Gasteiger partial charge in [0.05, 0.1) is 5.69 Å². The number of rotatable bonds is 4. The number of hydrogen-bond acceptors (Lipinski definition) is 4. The quantitative estimate of drug-likeness (QED) is 0.897. The molecule has 0 amide bonds. The molecule has 1 aliphatic rings. The Bertz CT molecular complexity index is 634. The third-order valence-corrected chi connectivity index (χ3v) is 3.61.